The SMILES string of the molecule is CN(C)c1ccccc1CC(C)(C)C(=O)O. The molecule has 1 N–H and O–H groups in total. The second-order valence-electron chi connectivity index (χ2n) is 4.89. The van der Waals surface area contributed by atoms with Gasteiger partial charge in [-0.2, -0.15) is 0 Å². The van der Waals surface area contributed by atoms with Gasteiger partial charge in [-0.15, -0.1) is 0 Å². The van der Waals surface area contributed by atoms with Crippen LogP contribution in [0.25, 0.3) is 0 Å². The molecule has 1 aromatic carbocycles. The van der Waals surface area contributed by atoms with Crippen LogP contribution in [0, 0.1) is 5.41 Å². The van der Waals surface area contributed by atoms with Crippen LogP contribution in [0.5, 0.6) is 0 Å². The maximum absolute atomic E-state index is 11.1. The summed E-state index contributed by atoms with van der Waals surface area (Å²) in [5.41, 5.74) is 1.42. The summed E-state index contributed by atoms with van der Waals surface area (Å²) in [4.78, 5) is 13.1. The van der Waals surface area contributed by atoms with E-state index in [2.05, 4.69) is 0 Å². The van der Waals surface area contributed by atoms with Gasteiger partial charge in [0.1, 0.15) is 0 Å². The molecule has 16 heavy (non-hydrogen) atoms. The Hall–Kier alpha value is -1.51. The Morgan fingerprint density at radius 2 is 1.88 bits per heavy atom. The third-order valence-electron chi connectivity index (χ3n) is 2.68. The number of rotatable bonds is 4. The summed E-state index contributed by atoms with van der Waals surface area (Å²) in [6.07, 6.45) is 0.538. The minimum Gasteiger partial charge on any atom is -0.481 e. The molecule has 1 aromatic rings. The van der Waals surface area contributed by atoms with Crippen molar-refractivity contribution < 1.29 is 9.90 Å². The third kappa shape index (κ3) is 2.75. The predicted molar refractivity (Wildman–Crippen MR) is 65.9 cm³/mol. The first-order valence-corrected chi connectivity index (χ1v) is 5.33. The highest BCUT2D eigenvalue weighted by Crippen LogP contribution is 2.27. The van der Waals surface area contributed by atoms with E-state index in [1.807, 2.05) is 43.3 Å². The smallest absolute Gasteiger partial charge is 0.309 e. The van der Waals surface area contributed by atoms with Gasteiger partial charge >= 0.3 is 5.97 Å². The average molecular weight is 221 g/mol. The van der Waals surface area contributed by atoms with Gasteiger partial charge in [-0.05, 0) is 31.9 Å². The van der Waals surface area contributed by atoms with Crippen molar-refractivity contribution in [3.8, 4) is 0 Å². The molecule has 0 atom stereocenters. The topological polar surface area (TPSA) is 40.5 Å². The largest absolute Gasteiger partial charge is 0.481 e. The molecule has 0 amide bonds. The van der Waals surface area contributed by atoms with Crippen molar-refractivity contribution in [1.29, 1.82) is 0 Å². The second-order valence-corrected chi connectivity index (χ2v) is 4.89. The van der Waals surface area contributed by atoms with Crippen LogP contribution in [0.3, 0.4) is 0 Å². The minimum absolute atomic E-state index is 0.538. The Bertz CT molecular complexity index is 383. The van der Waals surface area contributed by atoms with E-state index in [0.29, 0.717) is 6.42 Å². The molecule has 0 aliphatic heterocycles. The molecule has 1 rings (SSSR count). The van der Waals surface area contributed by atoms with Crippen molar-refractivity contribution in [3.05, 3.63) is 29.8 Å². The number of carbonyl (C=O) groups is 1. The van der Waals surface area contributed by atoms with Crippen molar-refractivity contribution >= 4 is 11.7 Å². The van der Waals surface area contributed by atoms with Crippen molar-refractivity contribution in [3.63, 3.8) is 0 Å². The number of hydrogen-bond acceptors (Lipinski definition) is 2. The van der Waals surface area contributed by atoms with E-state index in [9.17, 15) is 4.79 Å². The average Bonchev–Trinajstić information content (AvgIpc) is 2.17. The van der Waals surface area contributed by atoms with Gasteiger partial charge in [0.05, 0.1) is 5.41 Å². The summed E-state index contributed by atoms with van der Waals surface area (Å²) in [7, 11) is 3.93. The fraction of sp³-hybridized carbons (Fsp3) is 0.462. The van der Waals surface area contributed by atoms with Crippen molar-refractivity contribution in [2.45, 2.75) is 20.3 Å². The van der Waals surface area contributed by atoms with E-state index in [1.165, 1.54) is 0 Å². The fourth-order valence-corrected chi connectivity index (χ4v) is 1.65. The highest BCUT2D eigenvalue weighted by Gasteiger charge is 2.28. The molecule has 3 nitrogen and oxygen atoms in total. The van der Waals surface area contributed by atoms with Gasteiger partial charge in [0, 0.05) is 19.8 Å². The maximum Gasteiger partial charge on any atom is 0.309 e. The molecule has 0 saturated heterocycles. The van der Waals surface area contributed by atoms with Crippen molar-refractivity contribution in [1.82, 2.24) is 0 Å². The molecule has 0 aliphatic carbocycles. The van der Waals surface area contributed by atoms with E-state index in [4.69, 9.17) is 5.11 Å². The van der Waals surface area contributed by atoms with Crippen LogP contribution in [0.4, 0.5) is 5.69 Å². The first-order chi connectivity index (χ1) is 7.34. The molecule has 0 spiro atoms. The number of carboxylic acids is 1. The zero-order valence-electron chi connectivity index (χ0n) is 10.3. The number of aliphatic carboxylic acids is 1. The van der Waals surface area contributed by atoms with Crippen molar-refractivity contribution in [2.24, 2.45) is 5.41 Å². The second kappa shape index (κ2) is 4.56. The van der Waals surface area contributed by atoms with Gasteiger partial charge in [-0.25, -0.2) is 0 Å². The van der Waals surface area contributed by atoms with Crippen LogP contribution in [0.2, 0.25) is 0 Å². The summed E-state index contributed by atoms with van der Waals surface area (Å²) in [6, 6.07) is 7.90. The molecule has 0 saturated carbocycles. The molecule has 0 aliphatic rings. The molecular weight excluding hydrogens is 202 g/mol. The lowest BCUT2D eigenvalue weighted by atomic mass is 9.85. The molecule has 3 heteroatoms. The highest BCUT2D eigenvalue weighted by atomic mass is 16.4. The Morgan fingerprint density at radius 1 is 1.31 bits per heavy atom. The molecule has 0 fully saturated rings. The lowest BCUT2D eigenvalue weighted by molar-refractivity contribution is -0.146. The molecule has 88 valence electrons. The molecule has 0 unspecified atom stereocenters. The normalized spacial score (nSPS) is 11.2. The monoisotopic (exact) mass is 221 g/mol. The van der Waals surface area contributed by atoms with Crippen LogP contribution in [-0.4, -0.2) is 25.2 Å². The Kier molecular flexibility index (Phi) is 3.58. The van der Waals surface area contributed by atoms with Gasteiger partial charge in [0.2, 0.25) is 0 Å². The van der Waals surface area contributed by atoms with Gasteiger partial charge in [0.15, 0.2) is 0 Å². The van der Waals surface area contributed by atoms with Crippen LogP contribution in [0.1, 0.15) is 19.4 Å². The Balaban J connectivity index is 3.01. The number of anilines is 1. The highest BCUT2D eigenvalue weighted by molar-refractivity contribution is 5.74. The Morgan fingerprint density at radius 3 is 2.38 bits per heavy atom. The van der Waals surface area contributed by atoms with E-state index in [1.54, 1.807) is 13.8 Å². The fourth-order valence-electron chi connectivity index (χ4n) is 1.65. The first kappa shape index (κ1) is 12.6. The van der Waals surface area contributed by atoms with Gasteiger partial charge in [-0.1, -0.05) is 18.2 Å². The first-order valence-electron chi connectivity index (χ1n) is 5.33. The molecule has 0 heterocycles. The summed E-state index contributed by atoms with van der Waals surface area (Å²) >= 11 is 0. The number of nitrogens with zero attached hydrogens (tertiary/aromatic N) is 1. The van der Waals surface area contributed by atoms with E-state index in [-0.39, 0.29) is 0 Å². The number of carboxylic acid groups (broad SMARTS) is 1. The van der Waals surface area contributed by atoms with Crippen LogP contribution in [-0.2, 0) is 11.2 Å². The maximum atomic E-state index is 11.1. The van der Waals surface area contributed by atoms with Crippen LogP contribution < -0.4 is 4.90 Å². The Labute approximate surface area is 96.7 Å². The standard InChI is InChI=1S/C13H19NO2/c1-13(2,12(15)16)9-10-7-5-6-8-11(10)14(3)4/h5-8H,9H2,1-4H3,(H,15,16). The van der Waals surface area contributed by atoms with Crippen LogP contribution in [0.15, 0.2) is 24.3 Å². The van der Waals surface area contributed by atoms with E-state index >= 15 is 0 Å². The van der Waals surface area contributed by atoms with E-state index < -0.39 is 11.4 Å². The number of benzene rings is 1. The number of hydrogen-bond donors (Lipinski definition) is 1. The quantitative estimate of drug-likeness (QED) is 0.848. The van der Waals surface area contributed by atoms with Gasteiger partial charge in [0.25, 0.3) is 0 Å². The molecular formula is C13H19NO2. The minimum atomic E-state index is -0.763. The molecule has 0 bridgehead atoms. The predicted octanol–water partition coefficient (Wildman–Crippen LogP) is 2.41. The van der Waals surface area contributed by atoms with Crippen LogP contribution >= 0.6 is 0 Å². The zero-order valence-corrected chi connectivity index (χ0v) is 10.3. The van der Waals surface area contributed by atoms with Gasteiger partial charge < -0.3 is 10.0 Å². The summed E-state index contributed by atoms with van der Waals surface area (Å²) in [6.45, 7) is 3.50. The lowest BCUT2D eigenvalue weighted by Gasteiger charge is -2.23. The summed E-state index contributed by atoms with van der Waals surface area (Å²) < 4.78 is 0. The third-order valence-corrected chi connectivity index (χ3v) is 2.68. The summed E-state index contributed by atoms with van der Waals surface area (Å²) in [5, 5.41) is 9.12. The van der Waals surface area contributed by atoms with Gasteiger partial charge in [-0.3, -0.25) is 4.79 Å². The summed E-state index contributed by atoms with van der Waals surface area (Å²) in [5.74, 6) is -0.763. The zero-order chi connectivity index (χ0) is 12.3. The van der Waals surface area contributed by atoms with E-state index in [0.717, 1.165) is 11.3 Å². The molecule has 0 aromatic heterocycles. The molecule has 0 radical (unpaired) electrons. The lowest BCUT2D eigenvalue weighted by Crippen LogP contribution is -2.27. The number of para-hydroxylation sites is 1. The van der Waals surface area contributed by atoms with Crippen molar-refractivity contribution in [2.75, 3.05) is 19.0 Å².